The number of aliphatic imine (C=N–C) groups is 1. The molecule has 0 saturated carbocycles. The Morgan fingerprint density at radius 2 is 2.00 bits per heavy atom. The summed E-state index contributed by atoms with van der Waals surface area (Å²) in [4.78, 5) is 18.5. The molecule has 0 amide bonds. The van der Waals surface area contributed by atoms with Gasteiger partial charge in [0.1, 0.15) is 0 Å². The van der Waals surface area contributed by atoms with E-state index in [-0.39, 0.29) is 35.9 Å². The minimum Gasteiger partial charge on any atom is -0.466 e. The van der Waals surface area contributed by atoms with Crippen molar-refractivity contribution in [3.63, 3.8) is 0 Å². The van der Waals surface area contributed by atoms with Crippen molar-refractivity contribution in [3.8, 4) is 0 Å². The Labute approximate surface area is 173 Å². The van der Waals surface area contributed by atoms with Crippen LogP contribution in [0.1, 0.15) is 42.9 Å². The van der Waals surface area contributed by atoms with Crippen LogP contribution in [0.3, 0.4) is 0 Å². The molecule has 26 heavy (non-hydrogen) atoms. The molecule has 144 valence electrons. The molecule has 6 heteroatoms. The van der Waals surface area contributed by atoms with Gasteiger partial charge in [0.2, 0.25) is 0 Å². The summed E-state index contributed by atoms with van der Waals surface area (Å²) < 4.78 is 5.14. The normalized spacial score (nSPS) is 17.5. The summed E-state index contributed by atoms with van der Waals surface area (Å²) in [6.45, 7) is 4.79. The highest BCUT2D eigenvalue weighted by Gasteiger charge is 2.27. The van der Waals surface area contributed by atoms with Crippen LogP contribution < -0.4 is 5.32 Å². The van der Waals surface area contributed by atoms with Crippen LogP contribution in [0.25, 0.3) is 0 Å². The number of likely N-dealkylation sites (tertiary alicyclic amines) is 1. The number of carbonyl (C=O) groups excluding carboxylic acids is 1. The molecule has 3 rings (SSSR count). The molecule has 0 spiro atoms. The van der Waals surface area contributed by atoms with E-state index in [9.17, 15) is 4.79 Å². The Bertz CT molecular complexity index is 640. The fourth-order valence-corrected chi connectivity index (χ4v) is 3.84. The molecule has 0 aromatic heterocycles. The molecule has 0 radical (unpaired) electrons. The van der Waals surface area contributed by atoms with Gasteiger partial charge in [-0.3, -0.25) is 9.79 Å². The molecule has 0 atom stereocenters. The van der Waals surface area contributed by atoms with Crippen LogP contribution in [0.4, 0.5) is 0 Å². The van der Waals surface area contributed by atoms with E-state index in [2.05, 4.69) is 33.4 Å². The maximum Gasteiger partial charge on any atom is 0.309 e. The van der Waals surface area contributed by atoms with Crippen molar-refractivity contribution in [2.75, 3.05) is 26.7 Å². The second-order valence-corrected chi connectivity index (χ2v) is 6.87. The van der Waals surface area contributed by atoms with Crippen LogP contribution in [0.5, 0.6) is 0 Å². The van der Waals surface area contributed by atoms with Crippen LogP contribution in [0.15, 0.2) is 23.2 Å². The number of nitrogens with one attached hydrogen (secondary N) is 1. The van der Waals surface area contributed by atoms with Gasteiger partial charge in [0.15, 0.2) is 5.96 Å². The fraction of sp³-hybridized carbons (Fsp3) is 0.600. The van der Waals surface area contributed by atoms with Crippen LogP contribution in [0.2, 0.25) is 0 Å². The highest BCUT2D eigenvalue weighted by molar-refractivity contribution is 14.0. The van der Waals surface area contributed by atoms with Crippen molar-refractivity contribution in [2.24, 2.45) is 10.9 Å². The standard InChI is InChI=1S/C20H29N3O2.HI/c1-3-25-19(24)17-9-11-23(12-10-17)20(21-2)22-14-15-7-8-16-5-4-6-18(16)13-15;/h7-8,13,17H,3-6,9-12,14H2,1-2H3,(H,21,22);1H. The summed E-state index contributed by atoms with van der Waals surface area (Å²) in [6.07, 6.45) is 5.37. The van der Waals surface area contributed by atoms with Crippen LogP contribution in [0, 0.1) is 5.92 Å². The Hall–Kier alpha value is -1.31. The molecule has 1 aliphatic carbocycles. The lowest BCUT2D eigenvalue weighted by Crippen LogP contribution is -2.46. The number of hydrogen-bond acceptors (Lipinski definition) is 3. The van der Waals surface area contributed by atoms with E-state index in [1.54, 1.807) is 0 Å². The zero-order valence-corrected chi connectivity index (χ0v) is 18.1. The first-order valence-corrected chi connectivity index (χ1v) is 9.44. The first-order valence-electron chi connectivity index (χ1n) is 9.44. The van der Waals surface area contributed by atoms with E-state index in [0.29, 0.717) is 6.61 Å². The van der Waals surface area contributed by atoms with Gasteiger partial charge in [-0.1, -0.05) is 18.2 Å². The topological polar surface area (TPSA) is 53.9 Å². The zero-order chi connectivity index (χ0) is 17.6. The number of piperidine rings is 1. The van der Waals surface area contributed by atoms with E-state index in [1.807, 2.05) is 14.0 Å². The molecule has 1 N–H and O–H groups in total. The molecule has 1 fully saturated rings. The van der Waals surface area contributed by atoms with Gasteiger partial charge in [0.25, 0.3) is 0 Å². The van der Waals surface area contributed by atoms with Crippen molar-refractivity contribution in [3.05, 3.63) is 34.9 Å². The number of aryl methyl sites for hydroxylation is 2. The van der Waals surface area contributed by atoms with Crippen LogP contribution in [-0.4, -0.2) is 43.6 Å². The molecule has 0 unspecified atom stereocenters. The van der Waals surface area contributed by atoms with Gasteiger partial charge in [-0.05, 0) is 55.7 Å². The molecular formula is C20H30IN3O2. The van der Waals surface area contributed by atoms with Crippen molar-refractivity contribution in [2.45, 2.75) is 45.6 Å². The number of guanidine groups is 1. The summed E-state index contributed by atoms with van der Waals surface area (Å²) in [6, 6.07) is 6.82. The first-order chi connectivity index (χ1) is 12.2. The van der Waals surface area contributed by atoms with Crippen molar-refractivity contribution in [1.29, 1.82) is 0 Å². The molecule has 1 aromatic rings. The first kappa shape index (κ1) is 21.0. The SMILES string of the molecule is CCOC(=O)C1CCN(C(=NC)NCc2ccc3c(c2)CCC3)CC1.I. The number of fused-ring (bicyclic) bond motifs is 1. The predicted molar refractivity (Wildman–Crippen MR) is 115 cm³/mol. The number of rotatable bonds is 4. The number of esters is 1. The second-order valence-electron chi connectivity index (χ2n) is 6.87. The summed E-state index contributed by atoms with van der Waals surface area (Å²) in [5.41, 5.74) is 4.32. The number of benzene rings is 1. The second kappa shape index (κ2) is 10.1. The molecule has 1 heterocycles. The smallest absolute Gasteiger partial charge is 0.309 e. The van der Waals surface area contributed by atoms with Gasteiger partial charge in [-0.2, -0.15) is 0 Å². The van der Waals surface area contributed by atoms with E-state index < -0.39 is 0 Å². The Kier molecular flexibility index (Phi) is 8.18. The average molecular weight is 471 g/mol. The average Bonchev–Trinajstić information content (AvgIpc) is 3.11. The Balaban J connectivity index is 0.00000243. The highest BCUT2D eigenvalue weighted by atomic mass is 127. The number of hydrogen-bond donors (Lipinski definition) is 1. The summed E-state index contributed by atoms with van der Waals surface area (Å²) >= 11 is 0. The number of nitrogens with zero attached hydrogens (tertiary/aromatic N) is 2. The summed E-state index contributed by atoms with van der Waals surface area (Å²) in [7, 11) is 1.82. The third-order valence-corrected chi connectivity index (χ3v) is 5.24. The van der Waals surface area contributed by atoms with E-state index >= 15 is 0 Å². The Morgan fingerprint density at radius 1 is 1.27 bits per heavy atom. The van der Waals surface area contributed by atoms with Gasteiger partial charge in [0, 0.05) is 26.7 Å². The lowest BCUT2D eigenvalue weighted by Gasteiger charge is -2.33. The van der Waals surface area contributed by atoms with Crippen LogP contribution in [-0.2, 0) is 28.9 Å². The third kappa shape index (κ3) is 5.11. The van der Waals surface area contributed by atoms with Crippen molar-refractivity contribution >= 4 is 35.9 Å². The predicted octanol–water partition coefficient (Wildman–Crippen LogP) is 3.14. The molecule has 1 aliphatic heterocycles. The monoisotopic (exact) mass is 471 g/mol. The summed E-state index contributed by atoms with van der Waals surface area (Å²) in [5.74, 6) is 0.900. The maximum atomic E-state index is 11.9. The highest BCUT2D eigenvalue weighted by Crippen LogP contribution is 2.23. The van der Waals surface area contributed by atoms with Crippen molar-refractivity contribution < 1.29 is 9.53 Å². The van der Waals surface area contributed by atoms with Gasteiger partial charge in [0.05, 0.1) is 12.5 Å². The van der Waals surface area contributed by atoms with Crippen molar-refractivity contribution in [1.82, 2.24) is 10.2 Å². The van der Waals surface area contributed by atoms with E-state index in [4.69, 9.17) is 4.74 Å². The lowest BCUT2D eigenvalue weighted by molar-refractivity contribution is -0.149. The minimum atomic E-state index is -0.0526. The molecule has 1 aromatic carbocycles. The van der Waals surface area contributed by atoms with E-state index in [1.165, 1.54) is 36.0 Å². The van der Waals surface area contributed by atoms with Gasteiger partial charge < -0.3 is 15.0 Å². The fourth-order valence-electron chi connectivity index (χ4n) is 3.84. The Morgan fingerprint density at radius 3 is 2.69 bits per heavy atom. The minimum absolute atomic E-state index is 0. The van der Waals surface area contributed by atoms with Gasteiger partial charge >= 0.3 is 5.97 Å². The van der Waals surface area contributed by atoms with Gasteiger partial charge in [-0.25, -0.2) is 0 Å². The zero-order valence-electron chi connectivity index (χ0n) is 15.8. The molecular weight excluding hydrogens is 441 g/mol. The van der Waals surface area contributed by atoms with Gasteiger partial charge in [-0.15, -0.1) is 24.0 Å². The molecule has 2 aliphatic rings. The third-order valence-electron chi connectivity index (χ3n) is 5.24. The number of ether oxygens (including phenoxy) is 1. The number of carbonyl (C=O) groups is 1. The maximum absolute atomic E-state index is 11.9. The molecule has 0 bridgehead atoms. The summed E-state index contributed by atoms with van der Waals surface area (Å²) in [5, 5.41) is 3.48. The molecule has 1 saturated heterocycles. The molecule has 5 nitrogen and oxygen atoms in total. The van der Waals surface area contributed by atoms with E-state index in [0.717, 1.165) is 38.4 Å². The quantitative estimate of drug-likeness (QED) is 0.317. The van der Waals surface area contributed by atoms with Crippen LogP contribution >= 0.6 is 24.0 Å². The lowest BCUT2D eigenvalue weighted by atomic mass is 9.97. The largest absolute Gasteiger partial charge is 0.466 e. The number of halogens is 1.